The molecule has 0 fully saturated rings. The van der Waals surface area contributed by atoms with Gasteiger partial charge in [0.1, 0.15) is 0 Å². The number of rotatable bonds is 4. The van der Waals surface area contributed by atoms with Gasteiger partial charge in [-0.15, -0.1) is 0 Å². The van der Waals surface area contributed by atoms with Crippen LogP contribution in [-0.2, 0) is 9.05 Å². The molecule has 0 aliphatic rings. The predicted octanol–water partition coefficient (Wildman–Crippen LogP) is 2.33. The summed E-state index contributed by atoms with van der Waals surface area (Å²) in [6, 6.07) is 0. The average molecular weight is 188 g/mol. The van der Waals surface area contributed by atoms with Crippen LogP contribution in [0.15, 0.2) is 0 Å². The van der Waals surface area contributed by atoms with E-state index in [4.69, 9.17) is 9.05 Å². The van der Waals surface area contributed by atoms with Crippen molar-refractivity contribution in [2.75, 3.05) is 13.2 Å². The molecule has 0 N–H and O–H groups in total. The zero-order valence-corrected chi connectivity index (χ0v) is 8.41. The van der Waals surface area contributed by atoms with Gasteiger partial charge in [0.15, 0.2) is 0 Å². The van der Waals surface area contributed by atoms with Crippen LogP contribution in [0, 0.1) is 0 Å². The zero-order valence-electron chi connectivity index (χ0n) is 5.63. The van der Waals surface area contributed by atoms with Crippen molar-refractivity contribution in [3.8, 4) is 0 Å². The molecule has 0 bridgehead atoms. The Morgan fingerprint density at radius 1 is 1.11 bits per heavy atom. The summed E-state index contributed by atoms with van der Waals surface area (Å²) in [5.41, 5.74) is 0. The monoisotopic (exact) mass is 188 g/mol. The van der Waals surface area contributed by atoms with E-state index in [1.54, 1.807) is 0 Å². The minimum atomic E-state index is -2.31. The second-order valence-corrected chi connectivity index (χ2v) is 7.68. The Morgan fingerprint density at radius 3 is 1.67 bits per heavy atom. The molecule has 0 unspecified atom stereocenters. The number of hydrogen-bond acceptors (Lipinski definition) is 4. The molecule has 0 saturated heterocycles. The van der Waals surface area contributed by atoms with Crippen molar-refractivity contribution in [2.45, 2.75) is 13.8 Å². The van der Waals surface area contributed by atoms with Crippen molar-refractivity contribution < 1.29 is 9.05 Å². The molecule has 0 spiro atoms. The summed E-state index contributed by atoms with van der Waals surface area (Å²) in [5.74, 6) is 0. The maximum absolute atomic E-state index is 5.11. The van der Waals surface area contributed by atoms with Gasteiger partial charge in [-0.3, -0.25) is 0 Å². The molecular weight excluding hydrogens is 175 g/mol. The van der Waals surface area contributed by atoms with E-state index in [2.05, 4.69) is 24.5 Å². The Labute approximate surface area is 67.1 Å². The Morgan fingerprint density at radius 2 is 1.44 bits per heavy atom. The topological polar surface area (TPSA) is 18.5 Å². The van der Waals surface area contributed by atoms with E-state index in [-0.39, 0.29) is 0 Å². The van der Waals surface area contributed by atoms with Crippen molar-refractivity contribution in [3.05, 3.63) is 0 Å². The Balaban J connectivity index is 3.43. The molecule has 2 nitrogen and oxygen atoms in total. The second-order valence-electron chi connectivity index (χ2n) is 1.41. The maximum atomic E-state index is 5.11. The van der Waals surface area contributed by atoms with Crippen LogP contribution in [0.2, 0.25) is 0 Å². The van der Waals surface area contributed by atoms with Crippen LogP contribution in [-0.4, -0.2) is 13.2 Å². The SMILES string of the molecule is CCO[PH](S)(S)OCC. The van der Waals surface area contributed by atoms with E-state index in [1.807, 2.05) is 13.8 Å². The molecule has 0 heterocycles. The average Bonchev–Trinajstić information content (AvgIpc) is 1.64. The van der Waals surface area contributed by atoms with Crippen molar-refractivity contribution in [2.24, 2.45) is 0 Å². The van der Waals surface area contributed by atoms with Crippen LogP contribution in [0.5, 0.6) is 0 Å². The Bertz CT molecular complexity index is 71.0. The van der Waals surface area contributed by atoms with Crippen LogP contribution < -0.4 is 0 Å². The standard InChI is InChI=1S/C4H13O2PS2/c1-3-5-7(8,9)6-4-2/h7-9H,3-4H2,1-2H3. The van der Waals surface area contributed by atoms with Gasteiger partial charge < -0.3 is 0 Å². The van der Waals surface area contributed by atoms with Crippen LogP contribution in [0.1, 0.15) is 13.8 Å². The van der Waals surface area contributed by atoms with E-state index in [0.717, 1.165) is 0 Å². The van der Waals surface area contributed by atoms with E-state index < -0.39 is 6.12 Å². The third kappa shape index (κ3) is 5.49. The first-order valence-electron chi connectivity index (χ1n) is 2.85. The summed E-state index contributed by atoms with van der Waals surface area (Å²) in [7, 11) is 0. The molecule has 9 heavy (non-hydrogen) atoms. The van der Waals surface area contributed by atoms with Gasteiger partial charge in [-0.2, -0.15) is 0 Å². The third-order valence-corrected chi connectivity index (χ3v) is 3.54. The van der Waals surface area contributed by atoms with Crippen molar-refractivity contribution in [1.82, 2.24) is 0 Å². The first-order chi connectivity index (χ1) is 4.12. The molecule has 0 amide bonds. The molecule has 58 valence electrons. The zero-order chi connectivity index (χ0) is 7.33. The molecule has 0 rings (SSSR count). The summed E-state index contributed by atoms with van der Waals surface area (Å²) in [6.45, 7) is 5.01. The molecule has 5 heteroatoms. The number of thiol groups is 2. The van der Waals surface area contributed by atoms with E-state index in [0.29, 0.717) is 13.2 Å². The fourth-order valence-electron chi connectivity index (χ4n) is 0.418. The molecule has 0 aliphatic carbocycles. The van der Waals surface area contributed by atoms with Crippen LogP contribution in [0.25, 0.3) is 0 Å². The van der Waals surface area contributed by atoms with E-state index in [9.17, 15) is 0 Å². The normalized spacial score (nSPS) is 13.8. The van der Waals surface area contributed by atoms with Gasteiger partial charge in [0, 0.05) is 0 Å². The van der Waals surface area contributed by atoms with Crippen molar-refractivity contribution >= 4 is 30.6 Å². The number of hydrogen-bond donors (Lipinski definition) is 2. The third-order valence-electron chi connectivity index (χ3n) is 0.665. The summed E-state index contributed by atoms with van der Waals surface area (Å²) in [4.78, 5) is 0. The quantitative estimate of drug-likeness (QED) is 0.521. The van der Waals surface area contributed by atoms with Gasteiger partial charge in [-0.25, -0.2) is 0 Å². The second kappa shape index (κ2) is 4.80. The summed E-state index contributed by atoms with van der Waals surface area (Å²) < 4.78 is 10.2. The molecule has 0 aliphatic heterocycles. The van der Waals surface area contributed by atoms with Gasteiger partial charge in [0.25, 0.3) is 0 Å². The summed E-state index contributed by atoms with van der Waals surface area (Å²) >= 11 is 8.21. The summed E-state index contributed by atoms with van der Waals surface area (Å²) in [5, 5.41) is 0. The predicted molar refractivity (Wildman–Crippen MR) is 49.5 cm³/mol. The molecule has 0 aromatic carbocycles. The minimum absolute atomic E-state index is 0.610. The first-order valence-corrected chi connectivity index (χ1v) is 7.24. The Kier molecular flexibility index (Phi) is 5.36. The van der Waals surface area contributed by atoms with Gasteiger partial charge in [-0.1, -0.05) is 0 Å². The molecule has 0 aromatic rings. The Hall–Kier alpha value is 1.05. The van der Waals surface area contributed by atoms with Gasteiger partial charge >= 0.3 is 66.7 Å². The van der Waals surface area contributed by atoms with Gasteiger partial charge in [-0.05, 0) is 0 Å². The van der Waals surface area contributed by atoms with E-state index >= 15 is 0 Å². The summed E-state index contributed by atoms with van der Waals surface area (Å²) in [6.07, 6.45) is -2.31. The van der Waals surface area contributed by atoms with Crippen molar-refractivity contribution in [3.63, 3.8) is 0 Å². The molecular formula is C4H13O2PS2. The molecule has 0 atom stereocenters. The van der Waals surface area contributed by atoms with Crippen molar-refractivity contribution in [1.29, 1.82) is 0 Å². The van der Waals surface area contributed by atoms with Gasteiger partial charge in [0.2, 0.25) is 0 Å². The van der Waals surface area contributed by atoms with E-state index in [1.165, 1.54) is 0 Å². The van der Waals surface area contributed by atoms with Crippen LogP contribution in [0.3, 0.4) is 0 Å². The molecule has 0 radical (unpaired) electrons. The first kappa shape index (κ1) is 10.0. The molecule has 0 saturated carbocycles. The van der Waals surface area contributed by atoms with Crippen LogP contribution in [0.4, 0.5) is 0 Å². The molecule has 0 aromatic heterocycles. The van der Waals surface area contributed by atoms with Crippen LogP contribution >= 0.6 is 30.6 Å². The fraction of sp³-hybridized carbons (Fsp3) is 1.00. The van der Waals surface area contributed by atoms with Gasteiger partial charge in [0.05, 0.1) is 0 Å². The fourth-order valence-corrected chi connectivity index (χ4v) is 2.80.